The van der Waals surface area contributed by atoms with Gasteiger partial charge in [-0.1, -0.05) is 46.4 Å². The molecule has 2 aromatic carbocycles. The second-order valence-electron chi connectivity index (χ2n) is 4.88. The first-order valence-corrected chi connectivity index (χ1v) is 8.83. The van der Waals surface area contributed by atoms with Gasteiger partial charge in [0.1, 0.15) is 11.5 Å². The Balaban J connectivity index is 1.66. The Morgan fingerprint density at radius 2 is 1.11 bits per heavy atom. The van der Waals surface area contributed by atoms with E-state index in [1.165, 1.54) is 24.3 Å². The van der Waals surface area contributed by atoms with Crippen molar-refractivity contribution in [1.29, 1.82) is 0 Å². The van der Waals surface area contributed by atoms with Gasteiger partial charge < -0.3 is 18.9 Å². The van der Waals surface area contributed by atoms with Crippen molar-refractivity contribution in [3.8, 4) is 11.5 Å². The second kappa shape index (κ2) is 10.5. The zero-order valence-electron chi connectivity index (χ0n) is 13.5. The molecule has 0 N–H and O–H groups in total. The molecule has 2 rings (SSSR count). The van der Waals surface area contributed by atoms with Gasteiger partial charge >= 0.3 is 11.9 Å². The number of rotatable bonds is 8. The van der Waals surface area contributed by atoms with Gasteiger partial charge in [0.25, 0.3) is 0 Å². The number of halogens is 4. The largest absolute Gasteiger partial charge is 0.480 e. The standard InChI is InChI=1S/C17H12Cl4O6/c18-10-1-3-14(12(20)5-10)24-7-16(22)26-9-27-17(23)8-25-15-4-2-11(19)6-13(15)21/h1-6H,7-9H2. The molecule has 0 atom stereocenters. The summed E-state index contributed by atoms with van der Waals surface area (Å²) in [4.78, 5) is 23.1. The number of esters is 2. The molecule has 0 aliphatic heterocycles. The number of hydrogen-bond acceptors (Lipinski definition) is 6. The third-order valence-corrected chi connectivity index (χ3v) is 3.98. The number of carbonyl (C=O) groups is 2. The van der Waals surface area contributed by atoms with Crippen molar-refractivity contribution in [2.24, 2.45) is 0 Å². The van der Waals surface area contributed by atoms with E-state index < -0.39 is 31.9 Å². The van der Waals surface area contributed by atoms with Crippen molar-refractivity contribution < 1.29 is 28.5 Å². The fourth-order valence-electron chi connectivity index (χ4n) is 1.70. The van der Waals surface area contributed by atoms with E-state index in [1.807, 2.05) is 0 Å². The lowest BCUT2D eigenvalue weighted by Crippen LogP contribution is -2.21. The lowest BCUT2D eigenvalue weighted by molar-refractivity contribution is -0.169. The lowest BCUT2D eigenvalue weighted by atomic mass is 10.3. The average Bonchev–Trinajstić information content (AvgIpc) is 2.60. The monoisotopic (exact) mass is 452 g/mol. The van der Waals surface area contributed by atoms with Crippen LogP contribution in [0.1, 0.15) is 0 Å². The van der Waals surface area contributed by atoms with Crippen LogP contribution in [0.15, 0.2) is 36.4 Å². The normalized spacial score (nSPS) is 10.2. The third kappa shape index (κ3) is 7.34. The van der Waals surface area contributed by atoms with Gasteiger partial charge in [-0.25, -0.2) is 9.59 Å². The predicted octanol–water partition coefficient (Wildman–Crippen LogP) is 4.80. The van der Waals surface area contributed by atoms with E-state index in [-0.39, 0.29) is 21.5 Å². The summed E-state index contributed by atoms with van der Waals surface area (Å²) in [5, 5.41) is 1.37. The fraction of sp³-hybridized carbons (Fsp3) is 0.176. The molecule has 27 heavy (non-hydrogen) atoms. The summed E-state index contributed by atoms with van der Waals surface area (Å²) < 4.78 is 19.8. The van der Waals surface area contributed by atoms with Crippen molar-refractivity contribution in [1.82, 2.24) is 0 Å². The smallest absolute Gasteiger partial charge is 0.347 e. The molecule has 0 aliphatic carbocycles. The molecule has 0 aliphatic rings. The number of benzene rings is 2. The summed E-state index contributed by atoms with van der Waals surface area (Å²) in [6, 6.07) is 9.08. The Hall–Kier alpha value is -1.86. The SMILES string of the molecule is O=C(COc1ccc(Cl)cc1Cl)OCOC(=O)COc1ccc(Cl)cc1Cl. The van der Waals surface area contributed by atoms with Gasteiger partial charge in [0, 0.05) is 10.0 Å². The average molecular weight is 454 g/mol. The van der Waals surface area contributed by atoms with Crippen molar-refractivity contribution in [2.45, 2.75) is 0 Å². The highest BCUT2D eigenvalue weighted by atomic mass is 35.5. The summed E-state index contributed by atoms with van der Waals surface area (Å²) in [7, 11) is 0. The minimum absolute atomic E-state index is 0.250. The van der Waals surface area contributed by atoms with Crippen molar-refractivity contribution in [3.63, 3.8) is 0 Å². The maximum Gasteiger partial charge on any atom is 0.347 e. The highest BCUT2D eigenvalue weighted by Crippen LogP contribution is 2.28. The summed E-state index contributed by atoms with van der Waals surface area (Å²) in [6.45, 7) is -1.43. The van der Waals surface area contributed by atoms with Crippen LogP contribution in [0.5, 0.6) is 11.5 Å². The van der Waals surface area contributed by atoms with Crippen molar-refractivity contribution in [2.75, 3.05) is 20.0 Å². The molecule has 6 nitrogen and oxygen atoms in total. The van der Waals surface area contributed by atoms with Crippen LogP contribution >= 0.6 is 46.4 Å². The first-order chi connectivity index (χ1) is 12.8. The summed E-state index contributed by atoms with van der Waals surface area (Å²) in [5.74, 6) is -0.975. The quantitative estimate of drug-likeness (QED) is 0.422. The van der Waals surface area contributed by atoms with Gasteiger partial charge in [-0.3, -0.25) is 0 Å². The molecule has 0 aromatic heterocycles. The topological polar surface area (TPSA) is 71.1 Å². The van der Waals surface area contributed by atoms with Crippen molar-refractivity contribution >= 4 is 58.3 Å². The Labute approximate surface area is 174 Å². The van der Waals surface area contributed by atoms with Crippen LogP contribution in [0, 0.1) is 0 Å². The molecule has 0 saturated carbocycles. The maximum absolute atomic E-state index is 11.6. The van der Waals surface area contributed by atoms with Gasteiger partial charge in [-0.2, -0.15) is 0 Å². The molecule has 0 fully saturated rings. The van der Waals surface area contributed by atoms with Gasteiger partial charge in [-0.05, 0) is 36.4 Å². The summed E-state index contributed by atoms with van der Waals surface area (Å²) in [5.41, 5.74) is 0. The predicted molar refractivity (Wildman–Crippen MR) is 101 cm³/mol. The van der Waals surface area contributed by atoms with E-state index in [0.29, 0.717) is 10.0 Å². The summed E-state index contributed by atoms with van der Waals surface area (Å²) >= 11 is 23.3. The van der Waals surface area contributed by atoms with Crippen LogP contribution in [0.4, 0.5) is 0 Å². The molecular formula is C17H12Cl4O6. The minimum atomic E-state index is -0.754. The molecule has 0 bridgehead atoms. The Kier molecular flexibility index (Phi) is 8.31. The molecule has 0 unspecified atom stereocenters. The molecule has 0 radical (unpaired) electrons. The van der Waals surface area contributed by atoms with Gasteiger partial charge in [0.15, 0.2) is 13.2 Å². The van der Waals surface area contributed by atoms with E-state index in [4.69, 9.17) is 65.4 Å². The molecule has 10 heteroatoms. The minimum Gasteiger partial charge on any atom is -0.480 e. The molecule has 0 saturated heterocycles. The zero-order chi connectivity index (χ0) is 19.8. The first-order valence-electron chi connectivity index (χ1n) is 7.32. The fourth-order valence-corrected chi connectivity index (χ4v) is 2.63. The molecular weight excluding hydrogens is 442 g/mol. The number of ether oxygens (including phenoxy) is 4. The highest BCUT2D eigenvalue weighted by molar-refractivity contribution is 6.36. The van der Waals surface area contributed by atoms with Gasteiger partial charge in [-0.15, -0.1) is 0 Å². The van der Waals surface area contributed by atoms with Crippen LogP contribution in [-0.2, 0) is 19.1 Å². The molecule has 2 aromatic rings. The van der Waals surface area contributed by atoms with E-state index in [2.05, 4.69) is 0 Å². The Bertz CT molecular complexity index is 760. The number of hydrogen-bond donors (Lipinski definition) is 0. The van der Waals surface area contributed by atoms with Crippen molar-refractivity contribution in [3.05, 3.63) is 56.5 Å². The summed E-state index contributed by atoms with van der Waals surface area (Å²) in [6.07, 6.45) is 0. The molecule has 0 heterocycles. The second-order valence-corrected chi connectivity index (χ2v) is 6.56. The number of carbonyl (C=O) groups excluding carboxylic acids is 2. The lowest BCUT2D eigenvalue weighted by Gasteiger charge is -2.10. The van der Waals surface area contributed by atoms with Gasteiger partial charge in [0.05, 0.1) is 10.0 Å². The first kappa shape index (κ1) is 21.4. The molecule has 0 spiro atoms. The van der Waals surface area contributed by atoms with E-state index in [1.54, 1.807) is 12.1 Å². The van der Waals surface area contributed by atoms with Gasteiger partial charge in [0.2, 0.25) is 6.79 Å². The Morgan fingerprint density at radius 3 is 1.48 bits per heavy atom. The van der Waals surface area contributed by atoms with Crippen LogP contribution in [0.25, 0.3) is 0 Å². The molecule has 144 valence electrons. The molecule has 0 amide bonds. The van der Waals surface area contributed by atoms with E-state index in [0.717, 1.165) is 0 Å². The highest BCUT2D eigenvalue weighted by Gasteiger charge is 2.11. The van der Waals surface area contributed by atoms with Crippen LogP contribution in [-0.4, -0.2) is 31.9 Å². The van der Waals surface area contributed by atoms with Crippen LogP contribution in [0.3, 0.4) is 0 Å². The van der Waals surface area contributed by atoms with Crippen LogP contribution in [0.2, 0.25) is 20.1 Å². The van der Waals surface area contributed by atoms with E-state index in [9.17, 15) is 9.59 Å². The van der Waals surface area contributed by atoms with E-state index >= 15 is 0 Å². The van der Waals surface area contributed by atoms with Crippen LogP contribution < -0.4 is 9.47 Å². The third-order valence-electron chi connectivity index (χ3n) is 2.92. The maximum atomic E-state index is 11.6. The zero-order valence-corrected chi connectivity index (χ0v) is 16.6. The Morgan fingerprint density at radius 1 is 0.704 bits per heavy atom.